The molecule has 0 radical (unpaired) electrons. The molecule has 0 aromatic carbocycles. The highest BCUT2D eigenvalue weighted by molar-refractivity contribution is 5.94. The van der Waals surface area contributed by atoms with E-state index in [2.05, 4.69) is 15.3 Å². The average Bonchev–Trinajstić information content (AvgIpc) is 2.99. The van der Waals surface area contributed by atoms with Crippen LogP contribution in [0.15, 0.2) is 24.7 Å². The van der Waals surface area contributed by atoms with Crippen LogP contribution in [0.25, 0.3) is 0 Å². The Morgan fingerprint density at radius 1 is 1.28 bits per heavy atom. The zero-order valence-corrected chi connectivity index (χ0v) is 15.0. The Morgan fingerprint density at radius 3 is 2.72 bits per heavy atom. The molecule has 1 aliphatic heterocycles. The first-order valence-corrected chi connectivity index (χ1v) is 8.47. The lowest BCUT2D eigenvalue weighted by Gasteiger charge is -2.33. The van der Waals surface area contributed by atoms with Gasteiger partial charge in [-0.1, -0.05) is 0 Å². The van der Waals surface area contributed by atoms with Crippen molar-refractivity contribution < 1.29 is 9.59 Å². The number of fused-ring (bicyclic) bond motifs is 1. The Bertz CT molecular complexity index is 812. The minimum absolute atomic E-state index is 0.0514. The van der Waals surface area contributed by atoms with Crippen LogP contribution in [0.1, 0.15) is 59.0 Å². The first-order chi connectivity index (χ1) is 11.9. The standard InChI is InChI=1S/C18H23N5O2/c1-11(2)20-17(24)15-10-22-5-6-23(13(4)16(22)21-15)18(25)14-7-12(3)8-19-9-14/h7-11,13H,5-6H2,1-4H3,(H,20,24). The van der Waals surface area contributed by atoms with Crippen molar-refractivity contribution in [2.75, 3.05) is 6.54 Å². The van der Waals surface area contributed by atoms with Gasteiger partial charge in [0.05, 0.1) is 11.6 Å². The van der Waals surface area contributed by atoms with E-state index in [1.165, 1.54) is 0 Å². The van der Waals surface area contributed by atoms with Gasteiger partial charge in [-0.05, 0) is 39.3 Å². The second kappa shape index (κ2) is 6.66. The number of hydrogen-bond donors (Lipinski definition) is 1. The molecule has 0 bridgehead atoms. The SMILES string of the molecule is Cc1cncc(C(=O)N2CCn3cc(C(=O)NC(C)C)nc3C2C)c1. The summed E-state index contributed by atoms with van der Waals surface area (Å²) in [5.74, 6) is 0.477. The molecule has 1 aliphatic rings. The first-order valence-electron chi connectivity index (χ1n) is 8.47. The van der Waals surface area contributed by atoms with Crippen LogP contribution in [0.5, 0.6) is 0 Å². The van der Waals surface area contributed by atoms with E-state index in [1.807, 2.05) is 38.3 Å². The molecule has 0 fully saturated rings. The molecule has 3 heterocycles. The molecule has 7 nitrogen and oxygen atoms in total. The predicted octanol–water partition coefficient (Wildman–Crippen LogP) is 1.94. The minimum atomic E-state index is -0.206. The lowest BCUT2D eigenvalue weighted by atomic mass is 10.1. The Morgan fingerprint density at radius 2 is 2.04 bits per heavy atom. The molecular weight excluding hydrogens is 318 g/mol. The van der Waals surface area contributed by atoms with Gasteiger partial charge in [0.25, 0.3) is 11.8 Å². The minimum Gasteiger partial charge on any atom is -0.348 e. The van der Waals surface area contributed by atoms with E-state index in [9.17, 15) is 9.59 Å². The van der Waals surface area contributed by atoms with Crippen molar-refractivity contribution in [3.8, 4) is 0 Å². The van der Waals surface area contributed by atoms with E-state index in [0.29, 0.717) is 24.3 Å². The van der Waals surface area contributed by atoms with Crippen molar-refractivity contribution in [2.45, 2.75) is 46.3 Å². The molecule has 7 heteroatoms. The van der Waals surface area contributed by atoms with Crippen LogP contribution in [-0.2, 0) is 6.54 Å². The van der Waals surface area contributed by atoms with Crippen LogP contribution in [-0.4, -0.2) is 43.8 Å². The van der Waals surface area contributed by atoms with Gasteiger partial charge in [-0.3, -0.25) is 14.6 Å². The lowest BCUT2D eigenvalue weighted by Crippen LogP contribution is -2.41. The van der Waals surface area contributed by atoms with Gasteiger partial charge in [0, 0.05) is 37.7 Å². The molecule has 0 saturated heterocycles. The number of hydrogen-bond acceptors (Lipinski definition) is 4. The van der Waals surface area contributed by atoms with Crippen LogP contribution >= 0.6 is 0 Å². The van der Waals surface area contributed by atoms with E-state index < -0.39 is 0 Å². The van der Waals surface area contributed by atoms with Crippen LogP contribution in [0.3, 0.4) is 0 Å². The number of nitrogens with one attached hydrogen (secondary N) is 1. The average molecular weight is 341 g/mol. The van der Waals surface area contributed by atoms with Gasteiger partial charge in [0.2, 0.25) is 0 Å². The molecule has 1 unspecified atom stereocenters. The van der Waals surface area contributed by atoms with Crippen molar-refractivity contribution in [2.24, 2.45) is 0 Å². The number of nitrogens with zero attached hydrogens (tertiary/aromatic N) is 4. The van der Waals surface area contributed by atoms with E-state index >= 15 is 0 Å². The van der Waals surface area contributed by atoms with Gasteiger partial charge in [0.15, 0.2) is 0 Å². The van der Waals surface area contributed by atoms with Gasteiger partial charge in [-0.2, -0.15) is 0 Å². The molecule has 2 aromatic rings. The molecule has 132 valence electrons. The Labute approximate surface area is 147 Å². The summed E-state index contributed by atoms with van der Waals surface area (Å²) < 4.78 is 1.96. The molecule has 0 aliphatic carbocycles. The molecule has 25 heavy (non-hydrogen) atoms. The second-order valence-electron chi connectivity index (χ2n) is 6.73. The third kappa shape index (κ3) is 3.40. The molecule has 3 rings (SSSR count). The van der Waals surface area contributed by atoms with Gasteiger partial charge >= 0.3 is 0 Å². The summed E-state index contributed by atoms with van der Waals surface area (Å²) in [4.78, 5) is 35.4. The molecule has 1 N–H and O–H groups in total. The highest BCUT2D eigenvalue weighted by atomic mass is 16.2. The van der Waals surface area contributed by atoms with Crippen LogP contribution in [0.2, 0.25) is 0 Å². The smallest absolute Gasteiger partial charge is 0.271 e. The van der Waals surface area contributed by atoms with Crippen molar-refractivity contribution in [3.05, 3.63) is 47.3 Å². The number of carbonyl (C=O) groups excluding carboxylic acids is 2. The van der Waals surface area contributed by atoms with Crippen molar-refractivity contribution >= 4 is 11.8 Å². The lowest BCUT2D eigenvalue weighted by molar-refractivity contribution is 0.0637. The van der Waals surface area contributed by atoms with Gasteiger partial charge in [-0.15, -0.1) is 0 Å². The number of pyridine rings is 1. The fraction of sp³-hybridized carbons (Fsp3) is 0.444. The quantitative estimate of drug-likeness (QED) is 0.925. The summed E-state index contributed by atoms with van der Waals surface area (Å²) in [7, 11) is 0. The summed E-state index contributed by atoms with van der Waals surface area (Å²) in [6, 6.07) is 1.68. The maximum Gasteiger partial charge on any atom is 0.271 e. The number of carbonyl (C=O) groups is 2. The monoisotopic (exact) mass is 341 g/mol. The van der Waals surface area contributed by atoms with Crippen LogP contribution in [0, 0.1) is 6.92 Å². The Kier molecular flexibility index (Phi) is 4.57. The fourth-order valence-corrected chi connectivity index (χ4v) is 3.05. The Hall–Kier alpha value is -2.70. The number of rotatable bonds is 3. The van der Waals surface area contributed by atoms with E-state index in [1.54, 1.807) is 23.5 Å². The maximum absolute atomic E-state index is 12.8. The maximum atomic E-state index is 12.8. The van der Waals surface area contributed by atoms with Crippen molar-refractivity contribution in [1.82, 2.24) is 24.8 Å². The molecule has 0 spiro atoms. The van der Waals surface area contributed by atoms with Crippen LogP contribution in [0.4, 0.5) is 0 Å². The highest BCUT2D eigenvalue weighted by Gasteiger charge is 2.31. The summed E-state index contributed by atoms with van der Waals surface area (Å²) in [5.41, 5.74) is 1.91. The van der Waals surface area contributed by atoms with Gasteiger partial charge in [0.1, 0.15) is 11.5 Å². The Balaban J connectivity index is 1.83. The van der Waals surface area contributed by atoms with E-state index in [0.717, 1.165) is 11.4 Å². The number of aromatic nitrogens is 3. The molecular formula is C18H23N5O2. The number of amides is 2. The zero-order chi connectivity index (χ0) is 18.1. The second-order valence-corrected chi connectivity index (χ2v) is 6.73. The summed E-state index contributed by atoms with van der Waals surface area (Å²) in [6.45, 7) is 8.85. The van der Waals surface area contributed by atoms with E-state index in [4.69, 9.17) is 0 Å². The number of imidazole rings is 1. The van der Waals surface area contributed by atoms with E-state index in [-0.39, 0.29) is 23.9 Å². The first kappa shape index (κ1) is 17.1. The predicted molar refractivity (Wildman–Crippen MR) is 93.3 cm³/mol. The topological polar surface area (TPSA) is 80.1 Å². The molecule has 1 atom stereocenters. The normalized spacial score (nSPS) is 16.7. The van der Waals surface area contributed by atoms with Gasteiger partial charge in [-0.25, -0.2) is 4.98 Å². The molecule has 2 amide bonds. The highest BCUT2D eigenvalue weighted by Crippen LogP contribution is 2.26. The van der Waals surface area contributed by atoms with Crippen molar-refractivity contribution in [1.29, 1.82) is 0 Å². The molecule has 2 aromatic heterocycles. The summed E-state index contributed by atoms with van der Waals surface area (Å²) >= 11 is 0. The third-order valence-corrected chi connectivity index (χ3v) is 4.27. The largest absolute Gasteiger partial charge is 0.348 e. The van der Waals surface area contributed by atoms with Crippen LogP contribution < -0.4 is 5.32 Å². The van der Waals surface area contributed by atoms with Gasteiger partial charge < -0.3 is 14.8 Å². The van der Waals surface area contributed by atoms with Crippen molar-refractivity contribution in [3.63, 3.8) is 0 Å². The summed E-state index contributed by atoms with van der Waals surface area (Å²) in [5, 5.41) is 2.85. The fourth-order valence-electron chi connectivity index (χ4n) is 3.05. The third-order valence-electron chi connectivity index (χ3n) is 4.27. The summed E-state index contributed by atoms with van der Waals surface area (Å²) in [6.07, 6.45) is 5.08. The molecule has 0 saturated carbocycles. The number of aryl methyl sites for hydroxylation is 1. The zero-order valence-electron chi connectivity index (χ0n) is 15.0.